The third-order valence-electron chi connectivity index (χ3n) is 4.10. The molecule has 7 nitrogen and oxygen atoms in total. The van der Waals surface area contributed by atoms with Gasteiger partial charge >= 0.3 is 0 Å². The van der Waals surface area contributed by atoms with E-state index in [-0.39, 0.29) is 16.7 Å². The fourth-order valence-corrected chi connectivity index (χ4v) is 3.45. The number of aliphatic imine (C=N–C) groups is 1. The number of nitrogens with one attached hydrogen (secondary N) is 2. The summed E-state index contributed by atoms with van der Waals surface area (Å²) >= 11 is 0. The summed E-state index contributed by atoms with van der Waals surface area (Å²) in [7, 11) is -3.71. The molecule has 4 N–H and O–H groups in total. The second kappa shape index (κ2) is 7.76. The zero-order valence-electron chi connectivity index (χ0n) is 14.0. The van der Waals surface area contributed by atoms with Gasteiger partial charge in [0.1, 0.15) is 5.84 Å². The summed E-state index contributed by atoms with van der Waals surface area (Å²) in [6, 6.07) is 5.46. The molecule has 0 radical (unpaired) electrons. The van der Waals surface area contributed by atoms with Gasteiger partial charge in [0.2, 0.25) is 5.91 Å². The van der Waals surface area contributed by atoms with Crippen LogP contribution in [0.1, 0.15) is 33.1 Å². The first-order valence-electron chi connectivity index (χ1n) is 8.06. The van der Waals surface area contributed by atoms with Crippen molar-refractivity contribution in [1.82, 2.24) is 4.72 Å². The van der Waals surface area contributed by atoms with E-state index in [1.165, 1.54) is 12.1 Å². The Morgan fingerprint density at radius 3 is 2.79 bits per heavy atom. The minimum Gasteiger partial charge on any atom is -0.325 e. The molecule has 2 rings (SSSR count). The zero-order valence-corrected chi connectivity index (χ0v) is 14.8. The number of nitrogens with two attached hydrogens (primary N) is 1. The molecule has 132 valence electrons. The van der Waals surface area contributed by atoms with Crippen LogP contribution in [0, 0.1) is 5.92 Å². The van der Waals surface area contributed by atoms with Gasteiger partial charge in [-0.3, -0.25) is 14.5 Å². The second-order valence-electron chi connectivity index (χ2n) is 5.97. The molecule has 8 heteroatoms. The summed E-state index contributed by atoms with van der Waals surface area (Å²) in [4.78, 5) is 16.3. The highest BCUT2D eigenvalue weighted by atomic mass is 32.2. The van der Waals surface area contributed by atoms with Crippen molar-refractivity contribution in [3.05, 3.63) is 24.3 Å². The van der Waals surface area contributed by atoms with Gasteiger partial charge in [-0.15, -0.1) is 0 Å². The molecule has 0 aliphatic carbocycles. The molecule has 1 aromatic carbocycles. The van der Waals surface area contributed by atoms with Gasteiger partial charge in [0.25, 0.3) is 10.0 Å². The van der Waals surface area contributed by atoms with Gasteiger partial charge in [0, 0.05) is 18.7 Å². The number of hydrogen-bond acceptors (Lipinski definition) is 5. The molecular formula is C16H24N4O3S. The smallest absolute Gasteiger partial charge is 0.262 e. The summed E-state index contributed by atoms with van der Waals surface area (Å²) in [6.07, 6.45) is 2.26. The van der Waals surface area contributed by atoms with Crippen molar-refractivity contribution in [2.45, 2.75) is 44.0 Å². The predicted molar refractivity (Wildman–Crippen MR) is 94.4 cm³/mol. The lowest BCUT2D eigenvalue weighted by Gasteiger charge is -2.18. The van der Waals surface area contributed by atoms with Crippen molar-refractivity contribution in [3.8, 4) is 0 Å². The van der Waals surface area contributed by atoms with Crippen LogP contribution in [-0.4, -0.2) is 32.7 Å². The zero-order chi connectivity index (χ0) is 17.7. The molecule has 0 fully saturated rings. The average Bonchev–Trinajstić information content (AvgIpc) is 3.05. The number of amides is 1. The van der Waals surface area contributed by atoms with E-state index in [2.05, 4.69) is 15.0 Å². The third-order valence-corrected chi connectivity index (χ3v) is 5.48. The van der Waals surface area contributed by atoms with Crippen molar-refractivity contribution in [2.75, 3.05) is 11.9 Å². The maximum absolute atomic E-state index is 12.4. The number of nitrogens with zero attached hydrogens (tertiary/aromatic N) is 1. The fourth-order valence-electron chi connectivity index (χ4n) is 2.32. The topological polar surface area (TPSA) is 114 Å². The first-order chi connectivity index (χ1) is 11.3. The van der Waals surface area contributed by atoms with Crippen molar-refractivity contribution >= 4 is 27.5 Å². The number of carbonyl (C=O) groups is 1. The molecule has 1 aliphatic rings. The Morgan fingerprint density at radius 1 is 1.42 bits per heavy atom. The Balaban J connectivity index is 2.12. The van der Waals surface area contributed by atoms with Crippen molar-refractivity contribution < 1.29 is 13.2 Å². The van der Waals surface area contributed by atoms with E-state index >= 15 is 0 Å². The summed E-state index contributed by atoms with van der Waals surface area (Å²) < 4.78 is 27.3. The number of anilines is 1. The predicted octanol–water partition coefficient (Wildman–Crippen LogP) is 1.47. The minimum atomic E-state index is -3.71. The maximum atomic E-state index is 12.4. The molecule has 2 unspecified atom stereocenters. The van der Waals surface area contributed by atoms with Gasteiger partial charge in [-0.25, -0.2) is 8.42 Å². The van der Waals surface area contributed by atoms with E-state index in [0.29, 0.717) is 24.5 Å². The van der Waals surface area contributed by atoms with E-state index in [1.807, 2.05) is 13.8 Å². The van der Waals surface area contributed by atoms with Crippen LogP contribution in [0.3, 0.4) is 0 Å². The van der Waals surface area contributed by atoms with E-state index in [4.69, 9.17) is 5.73 Å². The Morgan fingerprint density at radius 2 is 2.17 bits per heavy atom. The van der Waals surface area contributed by atoms with Crippen LogP contribution < -0.4 is 15.8 Å². The molecular weight excluding hydrogens is 328 g/mol. The highest BCUT2D eigenvalue weighted by Gasteiger charge is 2.21. The van der Waals surface area contributed by atoms with Crippen LogP contribution in [0.4, 0.5) is 5.69 Å². The second-order valence-corrected chi connectivity index (χ2v) is 7.65. The van der Waals surface area contributed by atoms with Crippen molar-refractivity contribution in [1.29, 1.82) is 0 Å². The first-order valence-corrected chi connectivity index (χ1v) is 9.54. The van der Waals surface area contributed by atoms with Crippen LogP contribution in [0.5, 0.6) is 0 Å². The van der Waals surface area contributed by atoms with Gasteiger partial charge in [-0.05, 0) is 30.5 Å². The first kappa shape index (κ1) is 18.4. The highest BCUT2D eigenvalue weighted by molar-refractivity contribution is 7.90. The minimum absolute atomic E-state index is 0.0407. The molecule has 2 atom stereocenters. The molecule has 0 saturated heterocycles. The molecule has 0 aromatic heterocycles. The quantitative estimate of drug-likeness (QED) is 0.719. The van der Waals surface area contributed by atoms with Crippen LogP contribution >= 0.6 is 0 Å². The molecule has 1 aromatic rings. The molecule has 1 aliphatic heterocycles. The summed E-state index contributed by atoms with van der Waals surface area (Å²) in [6.45, 7) is 4.50. The van der Waals surface area contributed by atoms with E-state index in [9.17, 15) is 13.2 Å². The summed E-state index contributed by atoms with van der Waals surface area (Å²) in [5.41, 5.74) is 6.29. The third kappa shape index (κ3) is 4.55. The van der Waals surface area contributed by atoms with E-state index in [1.54, 1.807) is 12.1 Å². The number of hydrogen-bond donors (Lipinski definition) is 3. The Kier molecular flexibility index (Phi) is 5.95. The monoisotopic (exact) mass is 352 g/mol. The van der Waals surface area contributed by atoms with Gasteiger partial charge in [0.05, 0.1) is 10.9 Å². The molecule has 1 heterocycles. The molecule has 0 saturated carbocycles. The van der Waals surface area contributed by atoms with Crippen LogP contribution in [0.25, 0.3) is 0 Å². The number of rotatable bonds is 6. The standard InChI is InChI=1S/C16H24N4O3S/c1-3-11(2)15(17)16(21)19-12-6-4-7-13(10-12)24(22,23)20-14-8-5-9-18-14/h4,6-7,10-11,15H,3,5,8-9,17H2,1-2H3,(H,18,20)(H,19,21). The SMILES string of the molecule is CCC(C)C(N)C(=O)Nc1cccc(S(=O)(=O)NC2=NCCC2)c1. The molecule has 0 bridgehead atoms. The Hall–Kier alpha value is -1.93. The number of benzene rings is 1. The fraction of sp³-hybridized carbons (Fsp3) is 0.500. The van der Waals surface area contributed by atoms with E-state index in [0.717, 1.165) is 12.8 Å². The average molecular weight is 352 g/mol. The van der Waals surface area contributed by atoms with Crippen molar-refractivity contribution in [3.63, 3.8) is 0 Å². The van der Waals surface area contributed by atoms with Gasteiger partial charge < -0.3 is 11.1 Å². The lowest BCUT2D eigenvalue weighted by atomic mass is 9.99. The summed E-state index contributed by atoms with van der Waals surface area (Å²) in [5.74, 6) is 0.189. The van der Waals surface area contributed by atoms with Gasteiger partial charge in [-0.2, -0.15) is 0 Å². The van der Waals surface area contributed by atoms with Crippen molar-refractivity contribution in [2.24, 2.45) is 16.6 Å². The normalized spacial score (nSPS) is 17.0. The summed E-state index contributed by atoms with van der Waals surface area (Å²) in [5, 5.41) is 2.68. The van der Waals surface area contributed by atoms with E-state index < -0.39 is 16.1 Å². The molecule has 24 heavy (non-hydrogen) atoms. The lowest BCUT2D eigenvalue weighted by molar-refractivity contribution is -0.118. The highest BCUT2D eigenvalue weighted by Crippen LogP contribution is 2.17. The largest absolute Gasteiger partial charge is 0.325 e. The number of amidine groups is 1. The Labute approximate surface area is 142 Å². The lowest BCUT2D eigenvalue weighted by Crippen LogP contribution is -2.40. The maximum Gasteiger partial charge on any atom is 0.262 e. The molecule has 1 amide bonds. The van der Waals surface area contributed by atoms with Crippen LogP contribution in [-0.2, 0) is 14.8 Å². The van der Waals surface area contributed by atoms with Gasteiger partial charge in [0.15, 0.2) is 0 Å². The number of carbonyl (C=O) groups excluding carboxylic acids is 1. The van der Waals surface area contributed by atoms with Crippen LogP contribution in [0.15, 0.2) is 34.2 Å². The number of sulfonamides is 1. The molecule has 0 spiro atoms. The Bertz CT molecular complexity index is 731. The van der Waals surface area contributed by atoms with Crippen LogP contribution in [0.2, 0.25) is 0 Å². The van der Waals surface area contributed by atoms with Gasteiger partial charge in [-0.1, -0.05) is 26.3 Å².